The van der Waals surface area contributed by atoms with Gasteiger partial charge in [-0.1, -0.05) is 17.3 Å². The van der Waals surface area contributed by atoms with Crippen molar-refractivity contribution in [3.8, 4) is 17.1 Å². The second-order valence-electron chi connectivity index (χ2n) is 10.5. The molecule has 0 spiro atoms. The Morgan fingerprint density at radius 1 is 1.16 bits per heavy atom. The maximum Gasteiger partial charge on any atom is 0.573 e. The summed E-state index contributed by atoms with van der Waals surface area (Å²) in [6.45, 7) is 4.80. The van der Waals surface area contributed by atoms with Crippen LogP contribution in [0.2, 0.25) is 0 Å². The van der Waals surface area contributed by atoms with Crippen molar-refractivity contribution in [3.05, 3.63) is 53.7 Å². The number of amides is 3. The zero-order valence-corrected chi connectivity index (χ0v) is 24.4. The number of hydrogen-bond acceptors (Lipinski definition) is 9. The second kappa shape index (κ2) is 12.1. The largest absolute Gasteiger partial charge is 0.573 e. The van der Waals surface area contributed by atoms with Crippen molar-refractivity contribution in [2.45, 2.75) is 50.2 Å². The Hall–Kier alpha value is -4.34. The lowest BCUT2D eigenvalue weighted by Gasteiger charge is -2.27. The summed E-state index contributed by atoms with van der Waals surface area (Å²) in [6, 6.07) is 6.22. The molecule has 2 aromatic carbocycles. The highest BCUT2D eigenvalue weighted by molar-refractivity contribution is 7.99. The first kappa shape index (κ1) is 31.6. The van der Waals surface area contributed by atoms with Gasteiger partial charge in [-0.15, -0.1) is 24.9 Å². The van der Waals surface area contributed by atoms with Crippen molar-refractivity contribution in [2.75, 3.05) is 24.7 Å². The van der Waals surface area contributed by atoms with Gasteiger partial charge in [0.1, 0.15) is 23.2 Å². The summed E-state index contributed by atoms with van der Waals surface area (Å²) in [6.07, 6.45) is -5.73. The van der Waals surface area contributed by atoms with Crippen LogP contribution < -0.4 is 15.0 Å². The minimum atomic E-state index is -4.88. The fourth-order valence-electron chi connectivity index (χ4n) is 3.90. The fraction of sp³-hybridized carbons (Fsp3) is 0.370. The third kappa shape index (κ3) is 7.94. The molecule has 16 heteroatoms. The SMILES string of the molecule is CN(C)C(=O)c1nc(-c2cc3c(cc2F)SC[C@H](NC(=O)OC(C)(C)C)C(=O)N3Cc2ccc(OC(F)(F)F)cc2)no1. The van der Waals surface area contributed by atoms with E-state index in [1.165, 1.54) is 42.1 Å². The van der Waals surface area contributed by atoms with E-state index in [-0.39, 0.29) is 35.3 Å². The molecule has 3 amide bonds. The maximum absolute atomic E-state index is 15.4. The Morgan fingerprint density at radius 2 is 1.84 bits per heavy atom. The van der Waals surface area contributed by atoms with Gasteiger partial charge in [-0.3, -0.25) is 9.59 Å². The smallest absolute Gasteiger partial charge is 0.444 e. The number of alkyl carbamates (subject to hydrolysis) is 1. The molecule has 0 saturated carbocycles. The monoisotopic (exact) mass is 625 g/mol. The molecule has 230 valence electrons. The summed E-state index contributed by atoms with van der Waals surface area (Å²) in [5, 5.41) is 6.26. The number of alkyl halides is 3. The van der Waals surface area contributed by atoms with Crippen LogP contribution in [-0.4, -0.2) is 70.8 Å². The number of carbonyl (C=O) groups is 3. The van der Waals surface area contributed by atoms with E-state index in [1.54, 1.807) is 20.8 Å². The van der Waals surface area contributed by atoms with Gasteiger partial charge in [-0.25, -0.2) is 9.18 Å². The van der Waals surface area contributed by atoms with Crippen LogP contribution in [0.25, 0.3) is 11.4 Å². The summed E-state index contributed by atoms with van der Waals surface area (Å²) in [5.74, 6) is -3.03. The van der Waals surface area contributed by atoms with E-state index < -0.39 is 47.5 Å². The number of nitrogens with zero attached hydrogens (tertiary/aromatic N) is 4. The molecule has 0 radical (unpaired) electrons. The lowest BCUT2D eigenvalue weighted by molar-refractivity contribution is -0.274. The molecule has 43 heavy (non-hydrogen) atoms. The highest BCUT2D eigenvalue weighted by atomic mass is 32.2. The molecule has 0 unspecified atom stereocenters. The van der Waals surface area contributed by atoms with Crippen LogP contribution in [0.3, 0.4) is 0 Å². The lowest BCUT2D eigenvalue weighted by atomic mass is 10.1. The van der Waals surface area contributed by atoms with Gasteiger partial charge in [0.15, 0.2) is 0 Å². The number of halogens is 4. The van der Waals surface area contributed by atoms with E-state index in [0.717, 1.165) is 30.0 Å². The first-order chi connectivity index (χ1) is 20.0. The standard InChI is InChI=1S/C27H27F4N5O6S/c1-26(2,3)41-25(39)32-18-13-43-20-11-17(28)16(21-33-22(42-34-21)24(38)35(4)5)10-19(20)36(23(18)37)12-14-6-8-15(9-7-14)40-27(29,30)31/h6-11,18H,12-13H2,1-5H3,(H,32,39)/t18-/m0/s1. The summed E-state index contributed by atoms with van der Waals surface area (Å²) in [5.41, 5.74) is -0.406. The molecule has 3 aromatic rings. The van der Waals surface area contributed by atoms with E-state index in [2.05, 4.69) is 20.2 Å². The van der Waals surface area contributed by atoms with Crippen molar-refractivity contribution < 1.29 is 45.9 Å². The third-order valence-corrected chi connectivity index (χ3v) is 6.89. The molecular formula is C27H27F4N5O6S. The Labute approximate surface area is 247 Å². The summed E-state index contributed by atoms with van der Waals surface area (Å²) in [4.78, 5) is 45.4. The van der Waals surface area contributed by atoms with Gasteiger partial charge in [0, 0.05) is 24.7 Å². The quantitative estimate of drug-likeness (QED) is 0.376. The number of rotatable bonds is 6. The summed E-state index contributed by atoms with van der Waals surface area (Å²) >= 11 is 1.09. The molecule has 0 bridgehead atoms. The second-order valence-corrected chi connectivity index (χ2v) is 11.6. The van der Waals surface area contributed by atoms with Crippen molar-refractivity contribution in [1.29, 1.82) is 0 Å². The van der Waals surface area contributed by atoms with Gasteiger partial charge in [-0.05, 0) is 50.6 Å². The van der Waals surface area contributed by atoms with Gasteiger partial charge in [-0.2, -0.15) is 4.98 Å². The predicted octanol–water partition coefficient (Wildman–Crippen LogP) is 5.01. The lowest BCUT2D eigenvalue weighted by Crippen LogP contribution is -2.50. The van der Waals surface area contributed by atoms with E-state index in [9.17, 15) is 27.6 Å². The normalized spacial score (nSPS) is 15.4. The fourth-order valence-corrected chi connectivity index (χ4v) is 4.98. The third-order valence-electron chi connectivity index (χ3n) is 5.75. The molecule has 1 N–H and O–H groups in total. The van der Waals surface area contributed by atoms with Crippen LogP contribution >= 0.6 is 11.8 Å². The number of carbonyl (C=O) groups excluding carboxylic acids is 3. The van der Waals surface area contributed by atoms with Crippen molar-refractivity contribution in [3.63, 3.8) is 0 Å². The molecule has 0 saturated heterocycles. The van der Waals surface area contributed by atoms with Crippen LogP contribution in [0.5, 0.6) is 5.75 Å². The highest BCUT2D eigenvalue weighted by Crippen LogP contribution is 2.39. The minimum Gasteiger partial charge on any atom is -0.444 e. The summed E-state index contributed by atoms with van der Waals surface area (Å²) in [7, 11) is 2.94. The highest BCUT2D eigenvalue weighted by Gasteiger charge is 2.35. The molecule has 1 aliphatic heterocycles. The van der Waals surface area contributed by atoms with Crippen LogP contribution in [0.15, 0.2) is 45.8 Å². The van der Waals surface area contributed by atoms with E-state index >= 15 is 4.39 Å². The van der Waals surface area contributed by atoms with Gasteiger partial charge in [0.25, 0.3) is 5.91 Å². The predicted molar refractivity (Wildman–Crippen MR) is 146 cm³/mol. The first-order valence-electron chi connectivity index (χ1n) is 12.7. The zero-order chi connectivity index (χ0) is 31.7. The zero-order valence-electron chi connectivity index (χ0n) is 23.6. The van der Waals surface area contributed by atoms with Gasteiger partial charge < -0.3 is 29.1 Å². The molecule has 4 rings (SSSR count). The number of nitrogens with one attached hydrogen (secondary N) is 1. The average Bonchev–Trinajstić information content (AvgIpc) is 3.34. The van der Waals surface area contributed by atoms with Gasteiger partial charge in [0.2, 0.25) is 5.82 Å². The molecule has 1 aromatic heterocycles. The van der Waals surface area contributed by atoms with Crippen molar-refractivity contribution >= 4 is 35.4 Å². The Morgan fingerprint density at radius 3 is 2.44 bits per heavy atom. The van der Waals surface area contributed by atoms with Crippen LogP contribution in [0.4, 0.5) is 28.0 Å². The molecule has 1 atom stereocenters. The van der Waals surface area contributed by atoms with E-state index in [1.807, 2.05) is 0 Å². The van der Waals surface area contributed by atoms with Crippen molar-refractivity contribution in [1.82, 2.24) is 20.4 Å². The van der Waals surface area contributed by atoms with Gasteiger partial charge in [0.05, 0.1) is 17.8 Å². The van der Waals surface area contributed by atoms with Gasteiger partial charge >= 0.3 is 24.3 Å². The maximum atomic E-state index is 15.4. The summed E-state index contributed by atoms with van der Waals surface area (Å²) < 4.78 is 67.5. The van der Waals surface area contributed by atoms with Crippen LogP contribution in [-0.2, 0) is 16.1 Å². The van der Waals surface area contributed by atoms with Crippen molar-refractivity contribution in [2.24, 2.45) is 0 Å². The number of fused-ring (bicyclic) bond motifs is 1. The van der Waals surface area contributed by atoms with Crippen LogP contribution in [0.1, 0.15) is 37.0 Å². The van der Waals surface area contributed by atoms with E-state index in [4.69, 9.17) is 9.26 Å². The number of aromatic nitrogens is 2. The Bertz CT molecular complexity index is 1520. The molecule has 0 aliphatic carbocycles. The minimum absolute atomic E-state index is 0.0163. The number of thioether (sulfide) groups is 1. The number of anilines is 1. The first-order valence-corrected chi connectivity index (χ1v) is 13.7. The average molecular weight is 626 g/mol. The number of hydrogen-bond donors (Lipinski definition) is 1. The van der Waals surface area contributed by atoms with E-state index in [0.29, 0.717) is 10.5 Å². The van der Waals surface area contributed by atoms with Crippen LogP contribution in [0, 0.1) is 5.82 Å². The molecule has 0 fully saturated rings. The molecule has 11 nitrogen and oxygen atoms in total. The molecule has 1 aliphatic rings. The number of ether oxygens (including phenoxy) is 2. The molecule has 2 heterocycles. The molecular weight excluding hydrogens is 598 g/mol. The topological polar surface area (TPSA) is 127 Å². The Balaban J connectivity index is 1.73. The Kier molecular flexibility index (Phi) is 8.89. The number of benzene rings is 2.